The van der Waals surface area contributed by atoms with Gasteiger partial charge in [-0.2, -0.15) is 0 Å². The van der Waals surface area contributed by atoms with Crippen molar-refractivity contribution in [1.82, 2.24) is 0 Å². The fraction of sp³-hybridized carbons (Fsp3) is 0.795. The summed E-state index contributed by atoms with van der Waals surface area (Å²) >= 11 is 1.90. The molecule has 0 amide bonds. The Bertz CT molecular complexity index is 1540. The van der Waals surface area contributed by atoms with Crippen LogP contribution in [0, 0.1) is 0 Å². The van der Waals surface area contributed by atoms with Crippen molar-refractivity contribution < 1.29 is 19.0 Å². The quantitative estimate of drug-likeness (QED) is 0.0286. The number of rotatable bonds is 61. The van der Waals surface area contributed by atoms with Gasteiger partial charge < -0.3 is 14.2 Å². The summed E-state index contributed by atoms with van der Waals surface area (Å²) in [6.45, 7) is 11.0. The molecule has 78 heavy (non-hydrogen) atoms. The first kappa shape index (κ1) is 71.7. The van der Waals surface area contributed by atoms with Gasteiger partial charge in [0.05, 0.1) is 19.8 Å². The molecule has 0 saturated carbocycles. The van der Waals surface area contributed by atoms with Crippen LogP contribution in [-0.2, 0) is 0 Å². The molecule has 0 aliphatic heterocycles. The third-order valence-corrected chi connectivity index (χ3v) is 17.2. The maximum absolute atomic E-state index is 14.0. The second-order valence-corrected chi connectivity index (χ2v) is 24.9. The van der Waals surface area contributed by atoms with E-state index >= 15 is 0 Å². The minimum atomic E-state index is -0.0414. The zero-order valence-corrected chi connectivity index (χ0v) is 53.2. The zero-order chi connectivity index (χ0) is 55.7. The van der Waals surface area contributed by atoms with E-state index in [9.17, 15) is 4.79 Å². The van der Waals surface area contributed by atoms with E-state index in [0.717, 1.165) is 43.4 Å². The molecule has 2 aromatic rings. The number of hydrogen-bond donors (Lipinski definition) is 0. The summed E-state index contributed by atoms with van der Waals surface area (Å²) in [4.78, 5) is 15.3. The lowest BCUT2D eigenvalue weighted by molar-refractivity contribution is 0.104. The van der Waals surface area contributed by atoms with Crippen LogP contribution in [0.4, 0.5) is 0 Å². The Morgan fingerprint density at radius 2 is 0.615 bits per heavy atom. The zero-order valence-electron chi connectivity index (χ0n) is 52.3. The molecular formula is C73H128O4S. The number of carbonyl (C=O) groups is 1. The Kier molecular flexibility index (Phi) is 51.9. The molecule has 0 aliphatic rings. The molecular weight excluding hydrogens is 973 g/mol. The Morgan fingerprint density at radius 1 is 0.346 bits per heavy atom. The highest BCUT2D eigenvalue weighted by atomic mass is 32.2. The van der Waals surface area contributed by atoms with Crippen molar-refractivity contribution in [3.63, 3.8) is 0 Å². The lowest BCUT2D eigenvalue weighted by Crippen LogP contribution is -2.08. The maximum atomic E-state index is 14.0. The summed E-state index contributed by atoms with van der Waals surface area (Å²) in [7, 11) is 0. The molecule has 0 atom stereocenters. The average molecular weight is 1100 g/mol. The average Bonchev–Trinajstić information content (AvgIpc) is 3.46. The van der Waals surface area contributed by atoms with Gasteiger partial charge in [-0.05, 0) is 67.3 Å². The molecule has 0 aromatic heterocycles. The van der Waals surface area contributed by atoms with Crippen molar-refractivity contribution in [3.8, 4) is 17.2 Å². The topological polar surface area (TPSA) is 44.8 Å². The molecule has 0 saturated heterocycles. The molecule has 0 bridgehead atoms. The number of thioether (sulfide) groups is 1. The lowest BCUT2D eigenvalue weighted by atomic mass is 10.0. The molecule has 0 N–H and O–H groups in total. The minimum absolute atomic E-state index is 0.0414. The number of ketones is 1. The van der Waals surface area contributed by atoms with Crippen LogP contribution in [0.1, 0.15) is 365 Å². The standard InChI is InChI=1S/C73H128O4S/c1-5-9-13-16-19-22-25-28-31-34-37-40-43-46-49-52-61-75-71-65-68(70(74)60-57-67-55-58-69(59-56-67)78-64-12-8-4)66-72(76-62-53-50-47-44-41-38-35-32-29-26-23-20-17-14-10-6-2)73(71)77-63-54-51-48-45-42-39-36-33-30-27-24-21-18-15-11-7-3/h55-60,65-66H,5-54,61-64H2,1-4H3. The van der Waals surface area contributed by atoms with Gasteiger partial charge in [0.25, 0.3) is 0 Å². The van der Waals surface area contributed by atoms with E-state index in [1.54, 1.807) is 6.08 Å². The Balaban J connectivity index is 1.99. The van der Waals surface area contributed by atoms with E-state index in [1.165, 1.54) is 294 Å². The number of carbonyl (C=O) groups excluding carboxylic acids is 1. The molecule has 0 heterocycles. The summed E-state index contributed by atoms with van der Waals surface area (Å²) in [5, 5.41) is 0. The SMILES string of the molecule is CCCCCCCCCCCCCCCCCCOc1cc(C(=O)C=Cc2ccc(SCCCC)cc2)cc(OCCCCCCCCCCCCCCCCCC)c1OCCCCCCCCCCCCCCCCCC. The molecule has 0 radical (unpaired) electrons. The molecule has 4 nitrogen and oxygen atoms in total. The normalized spacial score (nSPS) is 11.6. The summed E-state index contributed by atoms with van der Waals surface area (Å²) < 4.78 is 20.0. The molecule has 0 spiro atoms. The minimum Gasteiger partial charge on any atom is -0.490 e. The van der Waals surface area contributed by atoms with Crippen LogP contribution in [0.15, 0.2) is 47.4 Å². The molecule has 5 heteroatoms. The van der Waals surface area contributed by atoms with Crippen LogP contribution in [0.3, 0.4) is 0 Å². The summed E-state index contributed by atoms with van der Waals surface area (Å²) in [6, 6.07) is 12.4. The Morgan fingerprint density at radius 3 is 0.910 bits per heavy atom. The van der Waals surface area contributed by atoms with Crippen LogP contribution in [0.5, 0.6) is 17.2 Å². The number of hydrogen-bond acceptors (Lipinski definition) is 5. The van der Waals surface area contributed by atoms with Gasteiger partial charge in [0.15, 0.2) is 17.3 Å². The van der Waals surface area contributed by atoms with Crippen molar-refractivity contribution in [2.24, 2.45) is 0 Å². The van der Waals surface area contributed by atoms with E-state index in [4.69, 9.17) is 14.2 Å². The fourth-order valence-corrected chi connectivity index (χ4v) is 11.8. The van der Waals surface area contributed by atoms with Gasteiger partial charge in [-0.1, -0.05) is 341 Å². The van der Waals surface area contributed by atoms with Gasteiger partial charge in [0, 0.05) is 10.5 Å². The van der Waals surface area contributed by atoms with Crippen molar-refractivity contribution in [1.29, 1.82) is 0 Å². The Hall–Kier alpha value is -2.40. The summed E-state index contributed by atoms with van der Waals surface area (Å²) in [5.41, 5.74) is 1.62. The van der Waals surface area contributed by atoms with E-state index < -0.39 is 0 Å². The van der Waals surface area contributed by atoms with Crippen LogP contribution in [0.2, 0.25) is 0 Å². The first-order valence-corrected chi connectivity index (χ1v) is 35.6. The second kappa shape index (κ2) is 56.5. The maximum Gasteiger partial charge on any atom is 0.203 e. The highest BCUT2D eigenvalue weighted by Crippen LogP contribution is 2.40. The number of benzene rings is 2. The number of ether oxygens (including phenoxy) is 3. The second-order valence-electron chi connectivity index (χ2n) is 23.7. The number of unbranched alkanes of at least 4 members (excludes halogenated alkanes) is 46. The Labute approximate surface area is 490 Å². The third kappa shape index (κ3) is 43.3. The fourth-order valence-electron chi connectivity index (χ4n) is 10.8. The first-order valence-electron chi connectivity index (χ1n) is 34.6. The third-order valence-electron chi connectivity index (χ3n) is 16.1. The van der Waals surface area contributed by atoms with Crippen LogP contribution < -0.4 is 14.2 Å². The summed E-state index contributed by atoms with van der Waals surface area (Å²) in [6.07, 6.45) is 70.7. The molecule has 0 unspecified atom stereocenters. The van der Waals surface area contributed by atoms with Crippen molar-refractivity contribution in [2.45, 2.75) is 354 Å². The highest BCUT2D eigenvalue weighted by Gasteiger charge is 2.19. The largest absolute Gasteiger partial charge is 0.490 e. The van der Waals surface area contributed by atoms with Crippen LogP contribution >= 0.6 is 11.8 Å². The van der Waals surface area contributed by atoms with Crippen molar-refractivity contribution in [2.75, 3.05) is 25.6 Å². The monoisotopic (exact) mass is 1100 g/mol. The van der Waals surface area contributed by atoms with Gasteiger partial charge >= 0.3 is 0 Å². The lowest BCUT2D eigenvalue weighted by Gasteiger charge is -2.18. The van der Waals surface area contributed by atoms with Crippen molar-refractivity contribution in [3.05, 3.63) is 53.6 Å². The molecule has 0 fully saturated rings. The molecule has 450 valence electrons. The molecule has 2 aromatic carbocycles. The van der Waals surface area contributed by atoms with Gasteiger partial charge in [0.2, 0.25) is 5.75 Å². The van der Waals surface area contributed by atoms with Gasteiger partial charge in [-0.25, -0.2) is 0 Å². The van der Waals surface area contributed by atoms with E-state index in [0.29, 0.717) is 42.6 Å². The smallest absolute Gasteiger partial charge is 0.203 e. The van der Waals surface area contributed by atoms with Crippen LogP contribution in [0.25, 0.3) is 6.08 Å². The summed E-state index contributed by atoms with van der Waals surface area (Å²) in [5.74, 6) is 3.09. The number of allylic oxidation sites excluding steroid dienone is 1. The van der Waals surface area contributed by atoms with Crippen molar-refractivity contribution >= 4 is 23.6 Å². The van der Waals surface area contributed by atoms with E-state index in [1.807, 2.05) is 30.0 Å². The molecule has 2 rings (SSSR count). The predicted molar refractivity (Wildman–Crippen MR) is 347 cm³/mol. The van der Waals surface area contributed by atoms with Gasteiger partial charge in [-0.3, -0.25) is 4.79 Å². The highest BCUT2D eigenvalue weighted by molar-refractivity contribution is 7.99. The van der Waals surface area contributed by atoms with E-state index in [-0.39, 0.29) is 5.78 Å². The van der Waals surface area contributed by atoms with E-state index in [2.05, 4.69) is 52.0 Å². The molecule has 0 aliphatic carbocycles. The van der Waals surface area contributed by atoms with Gasteiger partial charge in [0.1, 0.15) is 0 Å². The predicted octanol–water partition coefficient (Wildman–Crippen LogP) is 25.4. The first-order chi connectivity index (χ1) is 38.6. The van der Waals surface area contributed by atoms with Gasteiger partial charge in [-0.15, -0.1) is 11.8 Å². The van der Waals surface area contributed by atoms with Crippen LogP contribution in [-0.4, -0.2) is 31.4 Å².